The number of halogens is 1. The normalized spacial score (nSPS) is 10.2. The lowest BCUT2D eigenvalue weighted by Gasteiger charge is -2.11. The molecular weight excluding hydrogens is 269 g/mol. The molecule has 110 valence electrons. The van der Waals surface area contributed by atoms with Crippen LogP contribution in [0.25, 0.3) is 0 Å². The summed E-state index contributed by atoms with van der Waals surface area (Å²) in [5.74, 6) is -0.449. The highest BCUT2D eigenvalue weighted by atomic mass is 19.1. The van der Waals surface area contributed by atoms with Gasteiger partial charge in [-0.2, -0.15) is 0 Å². The number of benzene rings is 2. The standard InChI is InChI=1S/C16H18FN3O/c1-3-19-16(21)11-5-7-15(14(18)8-11)20-12-6-4-10(2)13(17)9-12/h4-9,20H,3,18H2,1-2H3,(H,19,21). The van der Waals surface area contributed by atoms with E-state index >= 15 is 0 Å². The molecule has 0 bridgehead atoms. The molecule has 0 aliphatic carbocycles. The van der Waals surface area contributed by atoms with Crippen molar-refractivity contribution >= 4 is 23.0 Å². The number of anilines is 3. The van der Waals surface area contributed by atoms with Gasteiger partial charge in [0.15, 0.2) is 0 Å². The minimum Gasteiger partial charge on any atom is -0.397 e. The fraction of sp³-hybridized carbons (Fsp3) is 0.188. The summed E-state index contributed by atoms with van der Waals surface area (Å²) in [4.78, 5) is 11.7. The van der Waals surface area contributed by atoms with Crippen molar-refractivity contribution in [3.63, 3.8) is 0 Å². The van der Waals surface area contributed by atoms with Gasteiger partial charge in [-0.15, -0.1) is 0 Å². The highest BCUT2D eigenvalue weighted by Crippen LogP contribution is 2.25. The molecule has 2 aromatic carbocycles. The first-order valence-electron chi connectivity index (χ1n) is 6.72. The van der Waals surface area contributed by atoms with Crippen LogP contribution in [-0.2, 0) is 0 Å². The summed E-state index contributed by atoms with van der Waals surface area (Å²) >= 11 is 0. The smallest absolute Gasteiger partial charge is 0.251 e. The molecule has 0 radical (unpaired) electrons. The number of carbonyl (C=O) groups excluding carboxylic acids is 1. The Balaban J connectivity index is 2.21. The third kappa shape index (κ3) is 3.51. The Kier molecular flexibility index (Phi) is 4.42. The summed E-state index contributed by atoms with van der Waals surface area (Å²) < 4.78 is 13.5. The summed E-state index contributed by atoms with van der Waals surface area (Å²) in [6, 6.07) is 9.85. The van der Waals surface area contributed by atoms with Crippen molar-refractivity contribution in [3.8, 4) is 0 Å². The van der Waals surface area contributed by atoms with Gasteiger partial charge in [0.05, 0.1) is 11.4 Å². The summed E-state index contributed by atoms with van der Waals surface area (Å²) in [5, 5.41) is 5.75. The highest BCUT2D eigenvalue weighted by molar-refractivity contribution is 5.96. The van der Waals surface area contributed by atoms with E-state index in [0.717, 1.165) is 0 Å². The lowest BCUT2D eigenvalue weighted by Crippen LogP contribution is -2.22. The quantitative estimate of drug-likeness (QED) is 0.756. The molecule has 4 N–H and O–H groups in total. The first-order chi connectivity index (χ1) is 10.0. The average molecular weight is 287 g/mol. The van der Waals surface area contributed by atoms with Gasteiger partial charge in [-0.3, -0.25) is 4.79 Å². The van der Waals surface area contributed by atoms with Gasteiger partial charge < -0.3 is 16.4 Å². The first kappa shape index (κ1) is 14.8. The Labute approximate surface area is 123 Å². The third-order valence-corrected chi connectivity index (χ3v) is 3.10. The molecule has 2 rings (SSSR count). The van der Waals surface area contributed by atoms with Crippen LogP contribution in [0.1, 0.15) is 22.8 Å². The Morgan fingerprint density at radius 3 is 2.62 bits per heavy atom. The Hall–Kier alpha value is -2.56. The van der Waals surface area contributed by atoms with Gasteiger partial charge in [0.25, 0.3) is 5.91 Å². The molecule has 0 saturated heterocycles. The largest absolute Gasteiger partial charge is 0.397 e. The maximum atomic E-state index is 13.5. The number of rotatable bonds is 4. The lowest BCUT2D eigenvalue weighted by molar-refractivity contribution is 0.0956. The van der Waals surface area contributed by atoms with Crippen molar-refractivity contribution in [2.75, 3.05) is 17.6 Å². The van der Waals surface area contributed by atoms with Gasteiger partial charge in [0.2, 0.25) is 0 Å². The Bertz CT molecular complexity index is 671. The highest BCUT2D eigenvalue weighted by Gasteiger charge is 2.08. The molecule has 0 heterocycles. The van der Waals surface area contributed by atoms with Gasteiger partial charge in [-0.25, -0.2) is 4.39 Å². The van der Waals surface area contributed by atoms with Crippen LogP contribution in [0.2, 0.25) is 0 Å². The van der Waals surface area contributed by atoms with Crippen LogP contribution in [0.5, 0.6) is 0 Å². The number of nitrogens with two attached hydrogens (primary N) is 1. The second-order valence-corrected chi connectivity index (χ2v) is 4.75. The maximum absolute atomic E-state index is 13.5. The zero-order valence-corrected chi connectivity index (χ0v) is 12.0. The molecule has 0 aliphatic rings. The van der Waals surface area contributed by atoms with E-state index in [2.05, 4.69) is 10.6 Å². The van der Waals surface area contributed by atoms with Crippen molar-refractivity contribution in [2.45, 2.75) is 13.8 Å². The molecule has 0 aliphatic heterocycles. The SMILES string of the molecule is CCNC(=O)c1ccc(Nc2ccc(C)c(F)c2)c(N)c1. The number of nitrogens with one attached hydrogen (secondary N) is 2. The Morgan fingerprint density at radius 1 is 1.24 bits per heavy atom. The maximum Gasteiger partial charge on any atom is 0.251 e. The fourth-order valence-corrected chi connectivity index (χ4v) is 1.91. The molecule has 21 heavy (non-hydrogen) atoms. The van der Waals surface area contributed by atoms with Crippen LogP contribution in [-0.4, -0.2) is 12.5 Å². The topological polar surface area (TPSA) is 67.2 Å². The van der Waals surface area contributed by atoms with Crippen LogP contribution < -0.4 is 16.4 Å². The predicted molar refractivity (Wildman–Crippen MR) is 83.3 cm³/mol. The van der Waals surface area contributed by atoms with E-state index in [1.165, 1.54) is 6.07 Å². The molecule has 0 saturated carbocycles. The van der Waals surface area contributed by atoms with Crippen molar-refractivity contribution in [1.82, 2.24) is 5.32 Å². The fourth-order valence-electron chi connectivity index (χ4n) is 1.91. The van der Waals surface area contributed by atoms with Crippen molar-refractivity contribution in [3.05, 3.63) is 53.3 Å². The van der Waals surface area contributed by atoms with Crippen LogP contribution in [0.4, 0.5) is 21.5 Å². The summed E-state index contributed by atoms with van der Waals surface area (Å²) in [5.41, 5.74) is 8.68. The molecule has 0 aromatic heterocycles. The van der Waals surface area contributed by atoms with Gasteiger partial charge >= 0.3 is 0 Å². The van der Waals surface area contributed by atoms with E-state index in [1.807, 2.05) is 6.92 Å². The molecule has 1 amide bonds. The van der Waals surface area contributed by atoms with E-state index < -0.39 is 0 Å². The van der Waals surface area contributed by atoms with E-state index in [0.29, 0.717) is 34.7 Å². The van der Waals surface area contributed by atoms with E-state index in [1.54, 1.807) is 37.3 Å². The minimum atomic E-state index is -0.280. The zero-order valence-electron chi connectivity index (χ0n) is 12.0. The summed E-state index contributed by atoms with van der Waals surface area (Å²) in [6.45, 7) is 4.11. The first-order valence-corrected chi connectivity index (χ1v) is 6.72. The van der Waals surface area contributed by atoms with Crippen LogP contribution in [0.3, 0.4) is 0 Å². The van der Waals surface area contributed by atoms with Gasteiger partial charge in [-0.05, 0) is 49.7 Å². The zero-order chi connectivity index (χ0) is 15.4. The number of nitrogen functional groups attached to an aromatic ring is 1. The molecule has 2 aromatic rings. The van der Waals surface area contributed by atoms with Crippen molar-refractivity contribution < 1.29 is 9.18 Å². The number of hydrogen-bond acceptors (Lipinski definition) is 3. The molecule has 0 fully saturated rings. The van der Waals surface area contributed by atoms with Crippen LogP contribution in [0.15, 0.2) is 36.4 Å². The van der Waals surface area contributed by atoms with Crippen LogP contribution >= 0.6 is 0 Å². The third-order valence-electron chi connectivity index (χ3n) is 3.10. The van der Waals surface area contributed by atoms with Gasteiger partial charge in [0, 0.05) is 17.8 Å². The number of hydrogen-bond donors (Lipinski definition) is 3. The molecule has 0 atom stereocenters. The lowest BCUT2D eigenvalue weighted by atomic mass is 10.1. The average Bonchev–Trinajstić information content (AvgIpc) is 2.45. The van der Waals surface area contributed by atoms with E-state index in [9.17, 15) is 9.18 Å². The van der Waals surface area contributed by atoms with E-state index in [-0.39, 0.29) is 11.7 Å². The van der Waals surface area contributed by atoms with E-state index in [4.69, 9.17) is 5.73 Å². The van der Waals surface area contributed by atoms with Crippen molar-refractivity contribution in [2.24, 2.45) is 0 Å². The molecule has 4 nitrogen and oxygen atoms in total. The second-order valence-electron chi connectivity index (χ2n) is 4.75. The summed E-state index contributed by atoms with van der Waals surface area (Å²) in [7, 11) is 0. The molecular formula is C16H18FN3O. The molecule has 0 spiro atoms. The molecule has 0 unspecified atom stereocenters. The van der Waals surface area contributed by atoms with Crippen molar-refractivity contribution in [1.29, 1.82) is 0 Å². The minimum absolute atomic E-state index is 0.169. The van der Waals surface area contributed by atoms with Gasteiger partial charge in [0.1, 0.15) is 5.82 Å². The van der Waals surface area contributed by atoms with Gasteiger partial charge in [-0.1, -0.05) is 6.07 Å². The number of aryl methyl sites for hydroxylation is 1. The predicted octanol–water partition coefficient (Wildman–Crippen LogP) is 3.21. The second kappa shape index (κ2) is 6.26. The molecule has 5 heteroatoms. The summed E-state index contributed by atoms with van der Waals surface area (Å²) in [6.07, 6.45) is 0. The van der Waals surface area contributed by atoms with Crippen LogP contribution in [0, 0.1) is 12.7 Å². The number of carbonyl (C=O) groups is 1. The Morgan fingerprint density at radius 2 is 2.00 bits per heavy atom. The monoisotopic (exact) mass is 287 g/mol. The number of amides is 1.